The molecule has 2 aromatic carbocycles. The van der Waals surface area contributed by atoms with Gasteiger partial charge in [0.05, 0.1) is 5.41 Å². The van der Waals surface area contributed by atoms with Gasteiger partial charge in [0.2, 0.25) is 0 Å². The van der Waals surface area contributed by atoms with E-state index < -0.39 is 18.5 Å². The second kappa shape index (κ2) is 16.6. The first-order valence-corrected chi connectivity index (χ1v) is 21.3. The molecular formula is C24H23Br10O4P. The molecule has 0 aliphatic heterocycles. The van der Waals surface area contributed by atoms with Crippen LogP contribution < -0.4 is 0 Å². The van der Waals surface area contributed by atoms with Gasteiger partial charge < -0.3 is 9.79 Å². The molecule has 2 rings (SSSR count). The Labute approximate surface area is 313 Å². The van der Waals surface area contributed by atoms with Crippen molar-refractivity contribution in [1.29, 1.82) is 0 Å². The summed E-state index contributed by atoms with van der Waals surface area (Å²) in [5, 5.41) is 0. The van der Waals surface area contributed by atoms with Crippen LogP contribution in [0.3, 0.4) is 0 Å². The molecule has 0 amide bonds. The van der Waals surface area contributed by atoms with E-state index in [1.165, 1.54) is 19.3 Å². The Balaban J connectivity index is 2.93. The number of halogens is 10. The third-order valence-corrected chi connectivity index (χ3v) is 19.4. The van der Waals surface area contributed by atoms with E-state index in [1.807, 2.05) is 0 Å². The van der Waals surface area contributed by atoms with Crippen LogP contribution in [-0.4, -0.2) is 15.3 Å². The first kappa shape index (κ1) is 38.2. The van der Waals surface area contributed by atoms with Gasteiger partial charge in [0.15, 0.2) is 0 Å². The zero-order valence-electron chi connectivity index (χ0n) is 20.3. The predicted molar refractivity (Wildman–Crippen MR) is 195 cm³/mol. The van der Waals surface area contributed by atoms with Gasteiger partial charge in [0, 0.05) is 55.9 Å². The lowest BCUT2D eigenvalue weighted by Gasteiger charge is -2.38. The van der Waals surface area contributed by atoms with Crippen LogP contribution in [0.25, 0.3) is 0 Å². The highest BCUT2D eigenvalue weighted by molar-refractivity contribution is 9.16. The predicted octanol–water partition coefficient (Wildman–Crippen LogP) is 13.8. The van der Waals surface area contributed by atoms with Crippen LogP contribution in [0.5, 0.6) is 0 Å². The van der Waals surface area contributed by atoms with Crippen molar-refractivity contribution >= 4 is 172 Å². The Morgan fingerprint density at radius 1 is 0.564 bits per heavy atom. The number of rotatable bonds is 13. The monoisotopic (exact) mass is 1200 g/mol. The molecule has 0 bridgehead atoms. The minimum absolute atomic E-state index is 0.154. The summed E-state index contributed by atoms with van der Waals surface area (Å²) >= 11 is 36.0. The Morgan fingerprint density at radius 2 is 0.846 bits per heavy atom. The summed E-state index contributed by atoms with van der Waals surface area (Å²) in [5.74, 6) is 0. The molecule has 0 unspecified atom stereocenters. The van der Waals surface area contributed by atoms with Crippen molar-refractivity contribution in [1.82, 2.24) is 0 Å². The minimum atomic E-state index is -5.25. The summed E-state index contributed by atoms with van der Waals surface area (Å²) in [7, 11) is -5.25. The third kappa shape index (κ3) is 8.46. The molecule has 2 aromatic rings. The Morgan fingerprint density at radius 3 is 1.15 bits per heavy atom. The second-order valence-corrected chi connectivity index (χ2v) is 18.3. The SMILES string of the molecule is CCCCCCCCCCC(C(=O)P(=O)(O)O)(c1c(Br)c(Br)c(Br)c(Br)c1Br)c1c(Br)c(Br)c(Br)c(Br)c1Br. The molecule has 0 saturated carbocycles. The van der Waals surface area contributed by atoms with Crippen LogP contribution in [0, 0.1) is 0 Å². The fraction of sp³-hybridized carbons (Fsp3) is 0.458. The van der Waals surface area contributed by atoms with Crippen molar-refractivity contribution in [2.45, 2.75) is 70.1 Å². The number of carbonyl (C=O) groups is 1. The summed E-state index contributed by atoms with van der Waals surface area (Å²) in [6, 6.07) is 0. The van der Waals surface area contributed by atoms with Crippen LogP contribution in [0.1, 0.15) is 75.8 Å². The van der Waals surface area contributed by atoms with Crippen LogP contribution in [0.2, 0.25) is 0 Å². The molecule has 0 spiro atoms. The van der Waals surface area contributed by atoms with Crippen molar-refractivity contribution in [3.8, 4) is 0 Å². The van der Waals surface area contributed by atoms with Crippen molar-refractivity contribution in [2.75, 3.05) is 0 Å². The quantitative estimate of drug-likeness (QED) is 0.0907. The first-order valence-electron chi connectivity index (χ1n) is 11.7. The zero-order chi connectivity index (χ0) is 29.9. The number of hydrogen-bond acceptors (Lipinski definition) is 2. The standard InChI is InChI=1S/C24H23Br10O4P/c1-2-3-4-5-6-7-8-9-10-24(23(35)39(36,37)38,11-13(25)17(29)21(33)18(30)14(11)26)12-15(27)19(31)22(34)20(32)16(12)28/h2-10H2,1H3,(H2,36,37,38). The van der Waals surface area contributed by atoms with Crippen molar-refractivity contribution in [3.05, 3.63) is 55.9 Å². The van der Waals surface area contributed by atoms with Crippen molar-refractivity contribution < 1.29 is 19.1 Å². The third-order valence-electron chi connectivity index (χ3n) is 6.31. The maximum Gasteiger partial charge on any atom is 0.392 e. The first-order chi connectivity index (χ1) is 18.1. The van der Waals surface area contributed by atoms with E-state index in [4.69, 9.17) is 0 Å². The lowest BCUT2D eigenvalue weighted by Crippen LogP contribution is -2.39. The highest BCUT2D eigenvalue weighted by Gasteiger charge is 2.54. The van der Waals surface area contributed by atoms with Gasteiger partial charge in [-0.2, -0.15) is 0 Å². The van der Waals surface area contributed by atoms with Gasteiger partial charge in [-0.3, -0.25) is 9.36 Å². The molecule has 0 heterocycles. The molecule has 218 valence electrons. The van der Waals surface area contributed by atoms with Gasteiger partial charge in [-0.05, 0) is 166 Å². The van der Waals surface area contributed by atoms with Gasteiger partial charge >= 0.3 is 7.60 Å². The number of hydrogen-bond donors (Lipinski definition) is 2. The molecule has 4 nitrogen and oxygen atoms in total. The largest absolute Gasteiger partial charge is 0.392 e. The molecule has 0 aliphatic rings. The molecule has 0 atom stereocenters. The van der Waals surface area contributed by atoms with E-state index in [9.17, 15) is 19.1 Å². The Kier molecular flexibility index (Phi) is 16.2. The molecule has 2 N–H and O–H groups in total. The second-order valence-electron chi connectivity index (χ2n) is 8.87. The molecule has 39 heavy (non-hydrogen) atoms. The topological polar surface area (TPSA) is 74.6 Å². The summed E-state index contributed by atoms with van der Waals surface area (Å²) in [6.07, 6.45) is 8.30. The number of unbranched alkanes of at least 4 members (excludes halogenated alkanes) is 7. The fourth-order valence-electron chi connectivity index (χ4n) is 4.43. The highest BCUT2D eigenvalue weighted by atomic mass is 79.9. The van der Waals surface area contributed by atoms with Gasteiger partial charge in [0.1, 0.15) is 0 Å². The maximum absolute atomic E-state index is 14.2. The molecule has 0 fully saturated rings. The minimum Gasteiger partial charge on any atom is -0.319 e. The average molecular weight is 1210 g/mol. The smallest absolute Gasteiger partial charge is 0.319 e. The van der Waals surface area contributed by atoms with E-state index in [0.717, 1.165) is 25.7 Å². The van der Waals surface area contributed by atoms with Crippen LogP contribution in [0.4, 0.5) is 0 Å². The molecule has 0 aliphatic carbocycles. The van der Waals surface area contributed by atoms with E-state index in [0.29, 0.717) is 62.3 Å². The van der Waals surface area contributed by atoms with Crippen molar-refractivity contribution in [2.24, 2.45) is 0 Å². The van der Waals surface area contributed by atoms with E-state index in [1.54, 1.807) is 0 Å². The fourth-order valence-corrected chi connectivity index (χ4v) is 12.7. The lowest BCUT2D eigenvalue weighted by molar-refractivity contribution is -0.117. The highest BCUT2D eigenvalue weighted by Crippen LogP contribution is 2.61. The normalized spacial score (nSPS) is 12.3. The lowest BCUT2D eigenvalue weighted by atomic mass is 9.71. The zero-order valence-corrected chi connectivity index (χ0v) is 37.1. The van der Waals surface area contributed by atoms with E-state index in [-0.39, 0.29) is 6.42 Å². The van der Waals surface area contributed by atoms with E-state index in [2.05, 4.69) is 166 Å². The van der Waals surface area contributed by atoms with Crippen LogP contribution in [0.15, 0.2) is 44.7 Å². The van der Waals surface area contributed by atoms with Gasteiger partial charge in [-0.1, -0.05) is 58.3 Å². The van der Waals surface area contributed by atoms with Gasteiger partial charge in [0.25, 0.3) is 5.52 Å². The summed E-state index contributed by atoms with van der Waals surface area (Å²) in [6.45, 7) is 2.18. The van der Waals surface area contributed by atoms with Gasteiger partial charge in [-0.25, -0.2) is 0 Å². The molecule has 0 radical (unpaired) electrons. The van der Waals surface area contributed by atoms with Gasteiger partial charge in [-0.15, -0.1) is 0 Å². The molecular weight excluding hydrogens is 1180 g/mol. The Hall–Kier alpha value is 3.06. The summed E-state index contributed by atoms with van der Waals surface area (Å²) < 4.78 is 18.6. The van der Waals surface area contributed by atoms with Crippen LogP contribution in [-0.2, 0) is 14.8 Å². The average Bonchev–Trinajstić information content (AvgIpc) is 2.88. The summed E-state index contributed by atoms with van der Waals surface area (Å²) in [5.41, 5.74) is -2.18. The number of benzene rings is 2. The maximum atomic E-state index is 14.2. The summed E-state index contributed by atoms with van der Waals surface area (Å²) in [4.78, 5) is 35.1. The van der Waals surface area contributed by atoms with Crippen LogP contribution >= 0.6 is 167 Å². The van der Waals surface area contributed by atoms with Crippen molar-refractivity contribution in [3.63, 3.8) is 0 Å². The molecule has 0 aromatic heterocycles. The van der Waals surface area contributed by atoms with E-state index >= 15 is 0 Å². The molecule has 0 saturated heterocycles. The number of carbonyl (C=O) groups excluding carboxylic acids is 1. The molecule has 15 heteroatoms. The Bertz CT molecular complexity index is 1170.